The molecule has 0 fully saturated rings. The summed E-state index contributed by atoms with van der Waals surface area (Å²) in [4.78, 5) is 8.36. The summed E-state index contributed by atoms with van der Waals surface area (Å²) in [5.74, 6) is 0. The molecule has 0 amide bonds. The first kappa shape index (κ1) is 17.3. The van der Waals surface area contributed by atoms with Crippen molar-refractivity contribution in [3.63, 3.8) is 0 Å². The summed E-state index contributed by atoms with van der Waals surface area (Å²) in [5.41, 5.74) is 0. The maximum atomic E-state index is 8.36. The minimum atomic E-state index is -0.250. The Kier molecular flexibility index (Phi) is 77.4. The zero-order valence-corrected chi connectivity index (χ0v) is 2.14. The number of hydrogen-bond donors (Lipinski definition) is 2. The Labute approximate surface area is 59.9 Å². The third kappa shape index (κ3) is 71.3. The molecule has 0 aromatic heterocycles. The van der Waals surface area contributed by atoms with Crippen LogP contribution in [-0.2, 0) is 4.79 Å². The van der Waals surface area contributed by atoms with E-state index in [1.54, 1.807) is 0 Å². The molecule has 0 aliphatic carbocycles. The van der Waals surface area contributed by atoms with E-state index in [1.807, 2.05) is 0 Å². The van der Waals surface area contributed by atoms with Crippen LogP contribution in [0.5, 0.6) is 0 Å². The van der Waals surface area contributed by atoms with Gasteiger partial charge < -0.3 is 11.3 Å². The molecule has 0 aromatic rings. The minimum absolute atomic E-state index is 0. The van der Waals surface area contributed by atoms with Crippen molar-refractivity contribution in [3.05, 3.63) is 0 Å². The summed E-state index contributed by atoms with van der Waals surface area (Å²) in [5, 5.41) is 6.89. The number of carbonyl (C=O) groups is 1. The van der Waals surface area contributed by atoms with Gasteiger partial charge in [-0.15, -0.1) is 0 Å². The fraction of sp³-hybridized carbons (Fsp3) is 0. The van der Waals surface area contributed by atoms with E-state index in [9.17, 15) is 0 Å². The van der Waals surface area contributed by atoms with Crippen LogP contribution < -0.4 is 6.15 Å². The van der Waals surface area contributed by atoms with Crippen molar-refractivity contribution in [2.24, 2.45) is 0 Å². The van der Waals surface area contributed by atoms with Crippen molar-refractivity contribution in [2.75, 3.05) is 0 Å². The summed E-state index contributed by atoms with van der Waals surface area (Å²) < 4.78 is 0. The van der Waals surface area contributed by atoms with Crippen LogP contribution in [0, 0.1) is 0 Å². The van der Waals surface area contributed by atoms with Crippen LogP contribution in [0.25, 0.3) is 0 Å². The van der Waals surface area contributed by atoms with Gasteiger partial charge in [0.2, 0.25) is 0 Å². The Bertz CT molecular complexity index is 17.1. The molecule has 0 spiro atoms. The van der Waals surface area contributed by atoms with E-state index >= 15 is 0 Å². The molecule has 0 atom stereocenters. The van der Waals surface area contributed by atoms with E-state index in [0.29, 0.717) is 0 Å². The third-order valence-corrected chi connectivity index (χ3v) is 0. The predicted molar refractivity (Wildman–Crippen MR) is 22.3 cm³/mol. The molecule has 0 unspecified atom stereocenters. The van der Waals surface area contributed by atoms with E-state index in [0.717, 1.165) is 0 Å². The van der Waals surface area contributed by atoms with E-state index in [-0.39, 0.29) is 50.4 Å². The van der Waals surface area contributed by atoms with Gasteiger partial charge in [0.05, 0.1) is 0 Å². The van der Waals surface area contributed by atoms with Crippen molar-refractivity contribution in [1.29, 1.82) is 0 Å². The monoisotopic (exact) mass is 105 g/mol. The van der Waals surface area contributed by atoms with Crippen LogP contribution in [0.2, 0.25) is 0 Å². The molecular formula is CH7CaNO2. The number of rotatable bonds is 0. The quantitative estimate of drug-likeness (QED) is 0.305. The first-order valence-corrected chi connectivity index (χ1v) is 0.494. The molecule has 0 saturated heterocycles. The molecule has 0 aliphatic rings. The number of carboxylic acid groups (broad SMARTS) is 1. The zero-order chi connectivity index (χ0) is 2.71. The summed E-state index contributed by atoms with van der Waals surface area (Å²) in [6, 6.07) is 0. The molecule has 0 rings (SSSR count). The maximum absolute atomic E-state index is 8.36. The first-order valence-electron chi connectivity index (χ1n) is 0.494. The molecule has 3 nitrogen and oxygen atoms in total. The molecule has 0 bridgehead atoms. The van der Waals surface area contributed by atoms with Crippen molar-refractivity contribution in [1.82, 2.24) is 6.15 Å². The van der Waals surface area contributed by atoms with Crippen LogP contribution in [0.3, 0.4) is 0 Å². The molecule has 0 aromatic carbocycles. The topological polar surface area (TPSA) is 72.3 Å². The zero-order valence-electron chi connectivity index (χ0n) is 2.14. The van der Waals surface area contributed by atoms with Gasteiger partial charge >= 0.3 is 37.7 Å². The van der Waals surface area contributed by atoms with Gasteiger partial charge in [0.25, 0.3) is 6.47 Å². The average molecular weight is 105 g/mol. The predicted octanol–water partition coefficient (Wildman–Crippen LogP) is -1.05. The van der Waals surface area contributed by atoms with Gasteiger partial charge in [0, 0.05) is 0 Å². The fourth-order valence-electron chi connectivity index (χ4n) is 0. The Hall–Kier alpha value is 0.690. The van der Waals surface area contributed by atoms with Crippen LogP contribution in [0.1, 0.15) is 0 Å². The SMILES string of the molecule is N.O=CO.[CaH2]. The molecule has 30 valence electrons. The molecule has 0 saturated carbocycles. The van der Waals surface area contributed by atoms with Gasteiger partial charge in [0.1, 0.15) is 0 Å². The number of hydrogen-bond acceptors (Lipinski definition) is 2. The molecule has 4 N–H and O–H groups in total. The van der Waals surface area contributed by atoms with Crippen LogP contribution in [0.15, 0.2) is 0 Å². The van der Waals surface area contributed by atoms with Gasteiger partial charge in [-0.3, -0.25) is 4.79 Å². The molecular weight excluding hydrogens is 98.1 g/mol. The Morgan fingerprint density at radius 3 is 1.60 bits per heavy atom. The first-order chi connectivity index (χ1) is 1.41. The van der Waals surface area contributed by atoms with E-state index < -0.39 is 0 Å². The summed E-state index contributed by atoms with van der Waals surface area (Å²) in [6.07, 6.45) is 0. The van der Waals surface area contributed by atoms with Crippen LogP contribution in [0.4, 0.5) is 0 Å². The van der Waals surface area contributed by atoms with Crippen molar-refractivity contribution in [2.45, 2.75) is 0 Å². The average Bonchev–Trinajstić information content (AvgIpc) is 0.918. The normalized spacial score (nSPS) is 2.40. The third-order valence-electron chi connectivity index (χ3n) is 0. The van der Waals surface area contributed by atoms with Gasteiger partial charge in [0.15, 0.2) is 0 Å². The van der Waals surface area contributed by atoms with Crippen molar-refractivity contribution < 1.29 is 9.90 Å². The van der Waals surface area contributed by atoms with Crippen LogP contribution >= 0.6 is 0 Å². The van der Waals surface area contributed by atoms with E-state index in [4.69, 9.17) is 9.90 Å². The molecule has 0 heterocycles. The second-order valence-electron chi connectivity index (χ2n) is 0.105. The van der Waals surface area contributed by atoms with E-state index in [1.165, 1.54) is 0 Å². The molecule has 4 heteroatoms. The second-order valence-corrected chi connectivity index (χ2v) is 0.105. The fourth-order valence-corrected chi connectivity index (χ4v) is 0. The molecule has 0 aliphatic heterocycles. The van der Waals surface area contributed by atoms with Gasteiger partial charge in [-0.2, -0.15) is 0 Å². The molecule has 0 radical (unpaired) electrons. The van der Waals surface area contributed by atoms with Gasteiger partial charge in [-0.1, -0.05) is 0 Å². The summed E-state index contributed by atoms with van der Waals surface area (Å²) in [7, 11) is 0. The van der Waals surface area contributed by atoms with Crippen molar-refractivity contribution in [3.8, 4) is 0 Å². The van der Waals surface area contributed by atoms with Gasteiger partial charge in [-0.05, 0) is 0 Å². The second kappa shape index (κ2) is 22.4. The molecule has 5 heavy (non-hydrogen) atoms. The van der Waals surface area contributed by atoms with Gasteiger partial charge in [-0.25, -0.2) is 0 Å². The summed E-state index contributed by atoms with van der Waals surface area (Å²) >= 11 is 0. The Balaban J connectivity index is -0.0000000200. The van der Waals surface area contributed by atoms with Crippen molar-refractivity contribution >= 4 is 44.2 Å². The summed E-state index contributed by atoms with van der Waals surface area (Å²) in [6.45, 7) is -0.250. The standard InChI is InChI=1S/CH2O2.Ca.H3N.2H/c2-1-3;;;;/h1H,(H,2,3);;1H3;;. The van der Waals surface area contributed by atoms with Crippen LogP contribution in [-0.4, -0.2) is 49.3 Å². The van der Waals surface area contributed by atoms with E-state index in [2.05, 4.69) is 0 Å². The Morgan fingerprint density at radius 2 is 1.60 bits per heavy atom. The Morgan fingerprint density at radius 1 is 1.60 bits per heavy atom.